The van der Waals surface area contributed by atoms with E-state index < -0.39 is 12.1 Å². The first kappa shape index (κ1) is 17.0. The Labute approximate surface area is 135 Å². The lowest BCUT2D eigenvalue weighted by Gasteiger charge is -2.17. The van der Waals surface area contributed by atoms with Crippen LogP contribution in [0.5, 0.6) is 0 Å². The Bertz CT molecular complexity index is 600. The summed E-state index contributed by atoms with van der Waals surface area (Å²) in [7, 11) is 0. The van der Waals surface area contributed by atoms with Gasteiger partial charge in [0.05, 0.1) is 5.56 Å². The van der Waals surface area contributed by atoms with Crippen molar-refractivity contribution < 1.29 is 19.1 Å². The molecule has 1 aliphatic heterocycles. The molecular formula is C17H22N2O4. The van der Waals surface area contributed by atoms with Gasteiger partial charge in [0, 0.05) is 25.2 Å². The van der Waals surface area contributed by atoms with E-state index in [1.165, 1.54) is 6.92 Å². The van der Waals surface area contributed by atoms with E-state index in [1.54, 1.807) is 29.2 Å². The minimum atomic E-state index is -0.855. The maximum atomic E-state index is 12.2. The Kier molecular flexibility index (Phi) is 5.73. The molecule has 1 heterocycles. The molecule has 0 saturated carbocycles. The van der Waals surface area contributed by atoms with Gasteiger partial charge in [-0.2, -0.15) is 0 Å². The molecule has 1 atom stereocenters. The molecule has 0 spiro atoms. The smallest absolute Gasteiger partial charge is 0.338 e. The number of amides is 2. The van der Waals surface area contributed by atoms with E-state index in [-0.39, 0.29) is 11.8 Å². The fourth-order valence-corrected chi connectivity index (χ4v) is 2.40. The Balaban J connectivity index is 2.02. The van der Waals surface area contributed by atoms with Crippen LogP contribution < -0.4 is 10.2 Å². The van der Waals surface area contributed by atoms with E-state index in [2.05, 4.69) is 5.32 Å². The van der Waals surface area contributed by atoms with Crippen LogP contribution in [0.25, 0.3) is 0 Å². The molecule has 23 heavy (non-hydrogen) atoms. The molecule has 0 bridgehead atoms. The zero-order chi connectivity index (χ0) is 16.8. The molecule has 0 unspecified atom stereocenters. The highest BCUT2D eigenvalue weighted by molar-refractivity contribution is 5.98. The molecule has 124 valence electrons. The second kappa shape index (κ2) is 7.76. The highest BCUT2D eigenvalue weighted by atomic mass is 16.5. The molecule has 1 aliphatic rings. The van der Waals surface area contributed by atoms with Crippen LogP contribution in [-0.2, 0) is 14.3 Å². The van der Waals surface area contributed by atoms with Crippen LogP contribution in [-0.4, -0.2) is 37.0 Å². The summed E-state index contributed by atoms with van der Waals surface area (Å²) in [5.74, 6) is -0.827. The van der Waals surface area contributed by atoms with Crippen LogP contribution in [0.15, 0.2) is 24.3 Å². The van der Waals surface area contributed by atoms with E-state index in [9.17, 15) is 14.4 Å². The number of rotatable bonds is 6. The number of hydrogen-bond donors (Lipinski definition) is 1. The molecule has 6 nitrogen and oxygen atoms in total. The maximum absolute atomic E-state index is 12.2. The van der Waals surface area contributed by atoms with Crippen molar-refractivity contribution in [3.8, 4) is 0 Å². The number of ether oxygens (including phenoxy) is 1. The third-order valence-electron chi connectivity index (χ3n) is 3.67. The first-order chi connectivity index (χ1) is 11.0. The standard InChI is InChI=1S/C17H22N2O4/c1-3-9-18-16(21)12(2)23-17(22)13-6-4-7-14(11-13)19-10-5-8-15(19)20/h4,6-7,11-12H,3,5,8-10H2,1-2H3,(H,18,21)/t12-/m1/s1. The first-order valence-corrected chi connectivity index (χ1v) is 7.92. The molecule has 2 rings (SSSR count). The van der Waals surface area contributed by atoms with Gasteiger partial charge >= 0.3 is 5.97 Å². The zero-order valence-corrected chi connectivity index (χ0v) is 13.5. The summed E-state index contributed by atoms with van der Waals surface area (Å²) >= 11 is 0. The number of carbonyl (C=O) groups excluding carboxylic acids is 3. The van der Waals surface area contributed by atoms with Crippen molar-refractivity contribution in [3.63, 3.8) is 0 Å². The third-order valence-corrected chi connectivity index (χ3v) is 3.67. The molecular weight excluding hydrogens is 296 g/mol. The Morgan fingerprint density at radius 2 is 2.17 bits per heavy atom. The third kappa shape index (κ3) is 4.31. The number of anilines is 1. The fourth-order valence-electron chi connectivity index (χ4n) is 2.40. The lowest BCUT2D eigenvalue weighted by atomic mass is 10.2. The fraction of sp³-hybridized carbons (Fsp3) is 0.471. The predicted molar refractivity (Wildman–Crippen MR) is 86.2 cm³/mol. The molecule has 0 radical (unpaired) electrons. The van der Waals surface area contributed by atoms with Crippen LogP contribution >= 0.6 is 0 Å². The summed E-state index contributed by atoms with van der Waals surface area (Å²) in [6, 6.07) is 6.74. The van der Waals surface area contributed by atoms with E-state index in [1.807, 2.05) is 6.92 Å². The van der Waals surface area contributed by atoms with Crippen LogP contribution in [0.1, 0.15) is 43.5 Å². The monoisotopic (exact) mass is 318 g/mol. The molecule has 1 aromatic rings. The second-order valence-electron chi connectivity index (χ2n) is 5.54. The van der Waals surface area contributed by atoms with Gasteiger partial charge in [0.2, 0.25) is 5.91 Å². The van der Waals surface area contributed by atoms with Gasteiger partial charge < -0.3 is 15.0 Å². The molecule has 1 N–H and O–H groups in total. The summed E-state index contributed by atoms with van der Waals surface area (Å²) < 4.78 is 5.19. The zero-order valence-electron chi connectivity index (χ0n) is 13.5. The maximum Gasteiger partial charge on any atom is 0.338 e. The largest absolute Gasteiger partial charge is 0.449 e. The number of hydrogen-bond acceptors (Lipinski definition) is 4. The van der Waals surface area contributed by atoms with Gasteiger partial charge in [-0.25, -0.2) is 4.79 Å². The Hall–Kier alpha value is -2.37. The number of esters is 1. The SMILES string of the molecule is CCCNC(=O)[C@@H](C)OC(=O)c1cccc(N2CCCC2=O)c1. The summed E-state index contributed by atoms with van der Waals surface area (Å²) in [6.07, 6.45) is 1.31. The Morgan fingerprint density at radius 3 is 2.83 bits per heavy atom. The number of nitrogens with zero attached hydrogens (tertiary/aromatic N) is 1. The van der Waals surface area contributed by atoms with Crippen molar-refractivity contribution >= 4 is 23.5 Å². The number of carbonyl (C=O) groups is 3. The van der Waals surface area contributed by atoms with Crippen molar-refractivity contribution in [2.75, 3.05) is 18.0 Å². The number of benzene rings is 1. The summed E-state index contributed by atoms with van der Waals surface area (Å²) in [5, 5.41) is 2.68. The minimum absolute atomic E-state index is 0.0582. The minimum Gasteiger partial charge on any atom is -0.449 e. The van der Waals surface area contributed by atoms with Crippen LogP contribution in [0, 0.1) is 0 Å². The van der Waals surface area contributed by atoms with Crippen molar-refractivity contribution in [3.05, 3.63) is 29.8 Å². The highest BCUT2D eigenvalue weighted by Gasteiger charge is 2.23. The van der Waals surface area contributed by atoms with Gasteiger partial charge in [-0.15, -0.1) is 0 Å². The molecule has 0 aliphatic carbocycles. The topological polar surface area (TPSA) is 75.7 Å². The van der Waals surface area contributed by atoms with Gasteiger partial charge in [-0.05, 0) is 38.0 Å². The average Bonchev–Trinajstić information content (AvgIpc) is 2.98. The second-order valence-corrected chi connectivity index (χ2v) is 5.54. The van der Waals surface area contributed by atoms with Gasteiger partial charge in [-0.1, -0.05) is 13.0 Å². The van der Waals surface area contributed by atoms with Crippen molar-refractivity contribution in [2.45, 2.75) is 39.2 Å². The van der Waals surface area contributed by atoms with E-state index in [0.717, 1.165) is 12.8 Å². The summed E-state index contributed by atoms with van der Waals surface area (Å²) in [5.41, 5.74) is 1.02. The first-order valence-electron chi connectivity index (χ1n) is 7.92. The van der Waals surface area contributed by atoms with E-state index in [4.69, 9.17) is 4.74 Å². The molecule has 6 heteroatoms. The lowest BCUT2D eigenvalue weighted by Crippen LogP contribution is -2.36. The molecule has 1 aromatic carbocycles. The lowest BCUT2D eigenvalue weighted by molar-refractivity contribution is -0.129. The molecule has 1 fully saturated rings. The van der Waals surface area contributed by atoms with Gasteiger partial charge in [0.1, 0.15) is 0 Å². The Morgan fingerprint density at radius 1 is 1.39 bits per heavy atom. The quantitative estimate of drug-likeness (QED) is 0.813. The molecule has 2 amide bonds. The van der Waals surface area contributed by atoms with Crippen molar-refractivity contribution in [1.82, 2.24) is 5.32 Å². The molecule has 1 saturated heterocycles. The van der Waals surface area contributed by atoms with Crippen molar-refractivity contribution in [2.24, 2.45) is 0 Å². The predicted octanol–water partition coefficient (Wildman–Crippen LogP) is 1.88. The van der Waals surface area contributed by atoms with Gasteiger partial charge in [0.25, 0.3) is 5.91 Å². The molecule has 0 aromatic heterocycles. The van der Waals surface area contributed by atoms with E-state index >= 15 is 0 Å². The average molecular weight is 318 g/mol. The summed E-state index contributed by atoms with van der Waals surface area (Å²) in [6.45, 7) is 4.69. The summed E-state index contributed by atoms with van der Waals surface area (Å²) in [4.78, 5) is 37.4. The van der Waals surface area contributed by atoms with Crippen molar-refractivity contribution in [1.29, 1.82) is 0 Å². The van der Waals surface area contributed by atoms with Crippen LogP contribution in [0.4, 0.5) is 5.69 Å². The van der Waals surface area contributed by atoms with Gasteiger partial charge in [0.15, 0.2) is 6.10 Å². The van der Waals surface area contributed by atoms with Crippen LogP contribution in [0.2, 0.25) is 0 Å². The normalized spacial score (nSPS) is 15.4. The van der Waals surface area contributed by atoms with E-state index in [0.29, 0.717) is 30.8 Å². The number of nitrogens with one attached hydrogen (secondary N) is 1. The van der Waals surface area contributed by atoms with Gasteiger partial charge in [-0.3, -0.25) is 9.59 Å². The van der Waals surface area contributed by atoms with Crippen LogP contribution in [0.3, 0.4) is 0 Å². The highest BCUT2D eigenvalue weighted by Crippen LogP contribution is 2.22.